The first-order valence-electron chi connectivity index (χ1n) is 6.60. The number of carbonyl (C=O) groups excluding carboxylic acids is 2. The van der Waals surface area contributed by atoms with Crippen molar-refractivity contribution in [2.75, 3.05) is 11.9 Å². The van der Waals surface area contributed by atoms with Crippen molar-refractivity contribution in [2.45, 2.75) is 39.3 Å². The van der Waals surface area contributed by atoms with E-state index in [1.165, 1.54) is 11.2 Å². The highest BCUT2D eigenvalue weighted by Crippen LogP contribution is 2.20. The van der Waals surface area contributed by atoms with Crippen LogP contribution in [-0.2, 0) is 9.59 Å². The Bertz CT molecular complexity index is 518. The fourth-order valence-electron chi connectivity index (χ4n) is 2.13. The fourth-order valence-corrected chi connectivity index (χ4v) is 2.13. The molecule has 0 bridgehead atoms. The molecule has 1 atom stereocenters. The third-order valence-electron chi connectivity index (χ3n) is 2.96. The molecule has 2 heterocycles. The van der Waals surface area contributed by atoms with Gasteiger partial charge in [-0.25, -0.2) is 9.97 Å². The Morgan fingerprint density at radius 2 is 2.20 bits per heavy atom. The van der Waals surface area contributed by atoms with Crippen molar-refractivity contribution in [1.29, 1.82) is 0 Å². The number of anilines is 1. The Balaban J connectivity index is 2.09. The lowest BCUT2D eigenvalue weighted by Gasteiger charge is -2.19. The number of nitrogens with zero attached hydrogens (tertiary/aromatic N) is 3. The molecule has 1 unspecified atom stereocenters. The Morgan fingerprint density at radius 1 is 1.45 bits per heavy atom. The predicted octanol–water partition coefficient (Wildman–Crippen LogP) is 0.823. The number of carbonyl (C=O) groups is 2. The van der Waals surface area contributed by atoms with Gasteiger partial charge in [-0.1, -0.05) is 0 Å². The molecule has 2 amide bonds. The normalized spacial score (nSPS) is 18.8. The van der Waals surface area contributed by atoms with E-state index in [0.29, 0.717) is 18.3 Å². The molecule has 7 heteroatoms. The summed E-state index contributed by atoms with van der Waals surface area (Å²) in [6.45, 7) is 5.99. The minimum Gasteiger partial charge on any atom is -0.478 e. The predicted molar refractivity (Wildman–Crippen MR) is 72.2 cm³/mol. The van der Waals surface area contributed by atoms with Gasteiger partial charge in [0.2, 0.25) is 11.8 Å². The standard InChI is InChI=1S/C13H18N4O3/c1-4-20-11-6-10(14-7-15-11)16-9-5-12(18)17(8(2)3)13(9)19/h6-9H,4-5H2,1-3H3,(H,14,15,16). The van der Waals surface area contributed by atoms with Crippen molar-refractivity contribution in [3.63, 3.8) is 0 Å². The molecule has 7 nitrogen and oxygen atoms in total. The molecule has 1 aliphatic rings. The Hall–Kier alpha value is -2.18. The lowest BCUT2D eigenvalue weighted by molar-refractivity contribution is -0.140. The van der Waals surface area contributed by atoms with Gasteiger partial charge in [-0.05, 0) is 20.8 Å². The summed E-state index contributed by atoms with van der Waals surface area (Å²) in [4.78, 5) is 33.2. The Morgan fingerprint density at radius 3 is 2.80 bits per heavy atom. The minimum atomic E-state index is -0.575. The van der Waals surface area contributed by atoms with E-state index >= 15 is 0 Å². The number of hydrogen-bond donors (Lipinski definition) is 1. The molecule has 0 aliphatic carbocycles. The van der Waals surface area contributed by atoms with E-state index in [2.05, 4.69) is 15.3 Å². The number of hydrogen-bond acceptors (Lipinski definition) is 6. The van der Waals surface area contributed by atoms with E-state index in [9.17, 15) is 9.59 Å². The zero-order valence-corrected chi connectivity index (χ0v) is 11.8. The van der Waals surface area contributed by atoms with Crippen LogP contribution in [0.25, 0.3) is 0 Å². The maximum absolute atomic E-state index is 12.1. The van der Waals surface area contributed by atoms with E-state index in [-0.39, 0.29) is 24.3 Å². The molecule has 1 fully saturated rings. The van der Waals surface area contributed by atoms with Crippen molar-refractivity contribution < 1.29 is 14.3 Å². The molecule has 0 spiro atoms. The van der Waals surface area contributed by atoms with Crippen LogP contribution in [0.3, 0.4) is 0 Å². The maximum atomic E-state index is 12.1. The van der Waals surface area contributed by atoms with Gasteiger partial charge < -0.3 is 10.1 Å². The number of rotatable bonds is 5. The molecule has 1 aliphatic heterocycles. The van der Waals surface area contributed by atoms with Crippen LogP contribution < -0.4 is 10.1 Å². The number of nitrogens with one attached hydrogen (secondary N) is 1. The van der Waals surface area contributed by atoms with E-state index in [0.717, 1.165) is 0 Å². The highest BCUT2D eigenvalue weighted by molar-refractivity contribution is 6.07. The summed E-state index contributed by atoms with van der Waals surface area (Å²) in [6, 6.07) is 0.903. The fraction of sp³-hybridized carbons (Fsp3) is 0.538. The number of aromatic nitrogens is 2. The van der Waals surface area contributed by atoms with Gasteiger partial charge in [-0.3, -0.25) is 14.5 Å². The van der Waals surface area contributed by atoms with E-state index in [1.54, 1.807) is 6.07 Å². The van der Waals surface area contributed by atoms with Crippen LogP contribution in [0.4, 0.5) is 5.82 Å². The van der Waals surface area contributed by atoms with Crippen LogP contribution in [0.5, 0.6) is 5.88 Å². The Labute approximate surface area is 117 Å². The minimum absolute atomic E-state index is 0.133. The Kier molecular flexibility index (Phi) is 4.16. The van der Waals surface area contributed by atoms with Gasteiger partial charge in [-0.15, -0.1) is 0 Å². The average Bonchev–Trinajstić information content (AvgIpc) is 2.65. The highest BCUT2D eigenvalue weighted by Gasteiger charge is 2.40. The number of likely N-dealkylation sites (tertiary alicyclic amines) is 1. The van der Waals surface area contributed by atoms with Crippen LogP contribution >= 0.6 is 0 Å². The molecule has 0 aromatic carbocycles. The molecule has 0 saturated carbocycles. The first kappa shape index (κ1) is 14.2. The van der Waals surface area contributed by atoms with Crippen molar-refractivity contribution in [3.05, 3.63) is 12.4 Å². The SMILES string of the molecule is CCOc1cc(NC2CC(=O)N(C(C)C)C2=O)ncn1. The van der Waals surface area contributed by atoms with Gasteiger partial charge >= 0.3 is 0 Å². The molecule has 1 aromatic rings. The molecule has 20 heavy (non-hydrogen) atoms. The van der Waals surface area contributed by atoms with Gasteiger partial charge in [0.1, 0.15) is 18.2 Å². The summed E-state index contributed by atoms with van der Waals surface area (Å²) in [6.07, 6.45) is 1.50. The molecule has 108 valence electrons. The second kappa shape index (κ2) is 5.85. The van der Waals surface area contributed by atoms with Crippen molar-refractivity contribution in [3.8, 4) is 5.88 Å². The second-order valence-electron chi connectivity index (χ2n) is 4.77. The first-order valence-corrected chi connectivity index (χ1v) is 6.60. The van der Waals surface area contributed by atoms with E-state index in [1.807, 2.05) is 20.8 Å². The van der Waals surface area contributed by atoms with Crippen LogP contribution in [-0.4, -0.2) is 45.4 Å². The number of amides is 2. The number of ether oxygens (including phenoxy) is 1. The van der Waals surface area contributed by atoms with Crippen LogP contribution in [0.1, 0.15) is 27.2 Å². The van der Waals surface area contributed by atoms with Crippen LogP contribution in [0, 0.1) is 0 Å². The van der Waals surface area contributed by atoms with Crippen molar-refractivity contribution >= 4 is 17.6 Å². The summed E-state index contributed by atoms with van der Waals surface area (Å²) in [5, 5.41) is 2.96. The molecule has 1 aromatic heterocycles. The summed E-state index contributed by atoms with van der Waals surface area (Å²) >= 11 is 0. The molecule has 1 N–H and O–H groups in total. The summed E-state index contributed by atoms with van der Waals surface area (Å²) < 4.78 is 5.26. The average molecular weight is 278 g/mol. The highest BCUT2D eigenvalue weighted by atomic mass is 16.5. The molecule has 1 saturated heterocycles. The van der Waals surface area contributed by atoms with E-state index < -0.39 is 6.04 Å². The topological polar surface area (TPSA) is 84.4 Å². The van der Waals surface area contributed by atoms with Crippen molar-refractivity contribution in [1.82, 2.24) is 14.9 Å². The van der Waals surface area contributed by atoms with Gasteiger partial charge in [0, 0.05) is 12.1 Å². The zero-order valence-electron chi connectivity index (χ0n) is 11.8. The first-order chi connectivity index (χ1) is 9.52. The second-order valence-corrected chi connectivity index (χ2v) is 4.77. The monoisotopic (exact) mass is 278 g/mol. The quantitative estimate of drug-likeness (QED) is 0.803. The smallest absolute Gasteiger partial charge is 0.252 e. The van der Waals surface area contributed by atoms with E-state index in [4.69, 9.17) is 4.74 Å². The molecule has 0 radical (unpaired) electrons. The molecular weight excluding hydrogens is 260 g/mol. The van der Waals surface area contributed by atoms with Gasteiger partial charge in [0.05, 0.1) is 13.0 Å². The summed E-state index contributed by atoms with van der Waals surface area (Å²) in [7, 11) is 0. The van der Waals surface area contributed by atoms with Gasteiger partial charge in [-0.2, -0.15) is 0 Å². The summed E-state index contributed by atoms with van der Waals surface area (Å²) in [5.74, 6) is 0.519. The maximum Gasteiger partial charge on any atom is 0.252 e. The van der Waals surface area contributed by atoms with Gasteiger partial charge in [0.25, 0.3) is 5.91 Å². The number of imide groups is 1. The lowest BCUT2D eigenvalue weighted by atomic mass is 10.2. The van der Waals surface area contributed by atoms with Crippen LogP contribution in [0.15, 0.2) is 12.4 Å². The molecular formula is C13H18N4O3. The molecule has 2 rings (SSSR count). The largest absolute Gasteiger partial charge is 0.478 e. The summed E-state index contributed by atoms with van der Waals surface area (Å²) in [5.41, 5.74) is 0. The third kappa shape index (κ3) is 2.87. The van der Waals surface area contributed by atoms with Crippen LogP contribution in [0.2, 0.25) is 0 Å². The lowest BCUT2D eigenvalue weighted by Crippen LogP contribution is -2.39. The van der Waals surface area contributed by atoms with Crippen molar-refractivity contribution in [2.24, 2.45) is 0 Å². The zero-order chi connectivity index (χ0) is 14.7. The van der Waals surface area contributed by atoms with Gasteiger partial charge in [0.15, 0.2) is 0 Å². The third-order valence-corrected chi connectivity index (χ3v) is 2.96.